The molecule has 188 valence electrons. The van der Waals surface area contributed by atoms with Crippen LogP contribution in [0.4, 0.5) is 5.82 Å². The second-order valence-corrected chi connectivity index (χ2v) is 8.63. The van der Waals surface area contributed by atoms with Crippen LogP contribution < -0.4 is 24.8 Å². The normalized spacial score (nSPS) is 11.1. The van der Waals surface area contributed by atoms with Crippen LogP contribution in [0, 0.1) is 0 Å². The lowest BCUT2D eigenvalue weighted by molar-refractivity contribution is -0.116. The number of rotatable bonds is 13. The van der Waals surface area contributed by atoms with E-state index in [2.05, 4.69) is 39.5 Å². The summed E-state index contributed by atoms with van der Waals surface area (Å²) in [6, 6.07) is 3.55. The van der Waals surface area contributed by atoms with Crippen LogP contribution in [0.2, 0.25) is 0 Å². The highest BCUT2D eigenvalue weighted by molar-refractivity contribution is 7.99. The van der Waals surface area contributed by atoms with Gasteiger partial charge in [-0.15, -0.1) is 0 Å². The Morgan fingerprint density at radius 1 is 1.09 bits per heavy atom. The molecule has 0 atom stereocenters. The van der Waals surface area contributed by atoms with Crippen molar-refractivity contribution in [1.29, 1.82) is 0 Å². The van der Waals surface area contributed by atoms with Crippen LogP contribution in [-0.2, 0) is 11.3 Å². The number of hydrogen-bond donors (Lipinski definition) is 2. The summed E-state index contributed by atoms with van der Waals surface area (Å²) in [5.74, 6) is 2.98. The monoisotopic (exact) mass is 500 g/mol. The summed E-state index contributed by atoms with van der Waals surface area (Å²) >= 11 is 1.58. The largest absolute Gasteiger partial charge is 0.493 e. The van der Waals surface area contributed by atoms with Crippen molar-refractivity contribution >= 4 is 40.6 Å². The molecule has 35 heavy (non-hydrogen) atoms. The number of fused-ring (bicyclic) bond motifs is 1. The molecule has 3 aromatic rings. The highest BCUT2D eigenvalue weighted by Crippen LogP contribution is 2.38. The average Bonchev–Trinajstić information content (AvgIpc) is 3.28. The van der Waals surface area contributed by atoms with Gasteiger partial charge in [0, 0.05) is 19.2 Å². The predicted molar refractivity (Wildman–Crippen MR) is 139 cm³/mol. The first-order chi connectivity index (χ1) is 17.0. The van der Waals surface area contributed by atoms with Crippen molar-refractivity contribution in [3.63, 3.8) is 0 Å². The standard InChI is InChI=1S/C24H32N6O4S/c1-6-10-26-22-17-15-27-30(23(17)29-24(28-22)35-7-2)12-11-25-20(31)9-8-16-13-18(32-3)21(34-5)19(14-16)33-4/h8-9,13-15H,6-7,10-12H2,1-5H3,(H,25,31)(H,26,28,29). The molecular weight excluding hydrogens is 468 g/mol. The van der Waals surface area contributed by atoms with E-state index in [4.69, 9.17) is 14.2 Å². The number of benzene rings is 1. The van der Waals surface area contributed by atoms with Gasteiger partial charge in [-0.05, 0) is 35.9 Å². The Labute approximate surface area is 209 Å². The number of nitrogens with zero attached hydrogens (tertiary/aromatic N) is 4. The van der Waals surface area contributed by atoms with E-state index in [1.54, 1.807) is 62.2 Å². The van der Waals surface area contributed by atoms with Gasteiger partial charge in [-0.3, -0.25) is 4.79 Å². The predicted octanol–water partition coefficient (Wildman–Crippen LogP) is 3.62. The van der Waals surface area contributed by atoms with Crippen molar-refractivity contribution in [2.24, 2.45) is 0 Å². The number of thioether (sulfide) groups is 1. The van der Waals surface area contributed by atoms with Crippen LogP contribution in [0.25, 0.3) is 17.1 Å². The van der Waals surface area contributed by atoms with Crippen LogP contribution in [0.5, 0.6) is 17.2 Å². The molecule has 0 spiro atoms. The van der Waals surface area contributed by atoms with Crippen molar-refractivity contribution in [3.8, 4) is 17.2 Å². The van der Waals surface area contributed by atoms with Crippen LogP contribution in [0.3, 0.4) is 0 Å². The molecule has 0 radical (unpaired) electrons. The minimum Gasteiger partial charge on any atom is -0.493 e. The molecule has 0 saturated heterocycles. The van der Waals surface area contributed by atoms with Crippen molar-refractivity contribution in [2.75, 3.05) is 45.5 Å². The Hall–Kier alpha value is -3.47. The van der Waals surface area contributed by atoms with Gasteiger partial charge in [0.15, 0.2) is 22.3 Å². The summed E-state index contributed by atoms with van der Waals surface area (Å²) in [6.07, 6.45) is 5.91. The lowest BCUT2D eigenvalue weighted by Crippen LogP contribution is -2.25. The minimum absolute atomic E-state index is 0.225. The molecule has 0 aliphatic heterocycles. The highest BCUT2D eigenvalue weighted by Gasteiger charge is 2.14. The smallest absolute Gasteiger partial charge is 0.244 e. The maximum atomic E-state index is 12.4. The van der Waals surface area contributed by atoms with Gasteiger partial charge < -0.3 is 24.8 Å². The Balaban J connectivity index is 1.67. The molecule has 0 aliphatic rings. The number of amides is 1. The van der Waals surface area contributed by atoms with E-state index in [9.17, 15) is 4.79 Å². The highest BCUT2D eigenvalue weighted by atomic mass is 32.2. The molecule has 0 unspecified atom stereocenters. The molecule has 1 amide bonds. The summed E-state index contributed by atoms with van der Waals surface area (Å²) in [5, 5.41) is 12.3. The second-order valence-electron chi connectivity index (χ2n) is 7.40. The molecule has 0 saturated carbocycles. The van der Waals surface area contributed by atoms with E-state index in [1.807, 2.05) is 0 Å². The van der Waals surface area contributed by atoms with Crippen LogP contribution in [0.15, 0.2) is 29.6 Å². The van der Waals surface area contributed by atoms with Crippen LogP contribution in [-0.4, -0.2) is 65.8 Å². The topological polar surface area (TPSA) is 112 Å². The summed E-state index contributed by atoms with van der Waals surface area (Å²) < 4.78 is 17.8. The fourth-order valence-electron chi connectivity index (χ4n) is 3.38. The van der Waals surface area contributed by atoms with E-state index in [1.165, 1.54) is 6.08 Å². The summed E-state index contributed by atoms with van der Waals surface area (Å²) in [4.78, 5) is 21.7. The van der Waals surface area contributed by atoms with Gasteiger partial charge >= 0.3 is 0 Å². The molecular formula is C24H32N6O4S. The molecule has 2 N–H and O–H groups in total. The van der Waals surface area contributed by atoms with Crippen LogP contribution in [0.1, 0.15) is 25.8 Å². The molecule has 0 aliphatic carbocycles. The Morgan fingerprint density at radius 2 is 1.83 bits per heavy atom. The zero-order chi connectivity index (χ0) is 25.2. The Kier molecular flexibility index (Phi) is 9.59. The average molecular weight is 501 g/mol. The molecule has 3 rings (SSSR count). The number of anilines is 1. The Morgan fingerprint density at radius 3 is 2.46 bits per heavy atom. The maximum Gasteiger partial charge on any atom is 0.244 e. The van der Waals surface area contributed by atoms with E-state index in [0.717, 1.165) is 41.1 Å². The molecule has 2 aromatic heterocycles. The summed E-state index contributed by atoms with van der Waals surface area (Å²) in [6.45, 7) is 5.87. The summed E-state index contributed by atoms with van der Waals surface area (Å²) in [5.41, 5.74) is 1.49. The van der Waals surface area contributed by atoms with Gasteiger partial charge in [0.1, 0.15) is 5.82 Å². The lowest BCUT2D eigenvalue weighted by Gasteiger charge is -2.12. The van der Waals surface area contributed by atoms with E-state index in [-0.39, 0.29) is 5.91 Å². The van der Waals surface area contributed by atoms with Crippen molar-refractivity contribution in [3.05, 3.63) is 30.0 Å². The molecule has 11 heteroatoms. The second kappa shape index (κ2) is 12.8. The van der Waals surface area contributed by atoms with E-state index < -0.39 is 0 Å². The first kappa shape index (κ1) is 26.1. The number of methoxy groups -OCH3 is 3. The third-order valence-electron chi connectivity index (χ3n) is 5.03. The number of aromatic nitrogens is 4. The number of ether oxygens (including phenoxy) is 3. The Bertz CT molecular complexity index is 1160. The van der Waals surface area contributed by atoms with Crippen molar-refractivity contribution < 1.29 is 19.0 Å². The zero-order valence-corrected chi connectivity index (χ0v) is 21.6. The number of carbonyl (C=O) groups excluding carboxylic acids is 1. The fourth-order valence-corrected chi connectivity index (χ4v) is 3.95. The molecule has 1 aromatic carbocycles. The molecule has 10 nitrogen and oxygen atoms in total. The maximum absolute atomic E-state index is 12.4. The van der Waals surface area contributed by atoms with Gasteiger partial charge in [0.05, 0.1) is 39.5 Å². The van der Waals surface area contributed by atoms with Crippen molar-refractivity contribution in [2.45, 2.75) is 32.0 Å². The van der Waals surface area contributed by atoms with Crippen LogP contribution >= 0.6 is 11.8 Å². The third kappa shape index (κ3) is 6.56. The summed E-state index contributed by atoms with van der Waals surface area (Å²) in [7, 11) is 4.65. The van der Waals surface area contributed by atoms with Gasteiger partial charge in [-0.1, -0.05) is 25.6 Å². The first-order valence-electron chi connectivity index (χ1n) is 11.4. The van der Waals surface area contributed by atoms with E-state index >= 15 is 0 Å². The lowest BCUT2D eigenvalue weighted by atomic mass is 10.1. The van der Waals surface area contributed by atoms with E-state index in [0.29, 0.717) is 35.5 Å². The zero-order valence-electron chi connectivity index (χ0n) is 20.8. The van der Waals surface area contributed by atoms with Crippen molar-refractivity contribution in [1.82, 2.24) is 25.1 Å². The van der Waals surface area contributed by atoms with Gasteiger partial charge in [-0.25, -0.2) is 14.6 Å². The number of nitrogens with one attached hydrogen (secondary N) is 2. The third-order valence-corrected chi connectivity index (χ3v) is 5.76. The van der Waals surface area contributed by atoms with Gasteiger partial charge in [0.25, 0.3) is 0 Å². The number of hydrogen-bond acceptors (Lipinski definition) is 9. The fraction of sp³-hybridized carbons (Fsp3) is 0.417. The molecule has 0 bridgehead atoms. The SMILES string of the molecule is CCCNc1nc(SCC)nc2c1cnn2CCNC(=O)C=Cc1cc(OC)c(OC)c(OC)c1. The quantitative estimate of drug-likeness (QED) is 0.206. The molecule has 2 heterocycles. The first-order valence-corrected chi connectivity index (χ1v) is 12.4. The minimum atomic E-state index is -0.225. The molecule has 0 fully saturated rings. The van der Waals surface area contributed by atoms with Gasteiger partial charge in [0.2, 0.25) is 11.7 Å². The van der Waals surface area contributed by atoms with Gasteiger partial charge in [-0.2, -0.15) is 5.10 Å². The number of carbonyl (C=O) groups is 1.